The summed E-state index contributed by atoms with van der Waals surface area (Å²) < 4.78 is -1.36. The summed E-state index contributed by atoms with van der Waals surface area (Å²) >= 11 is 23.2. The van der Waals surface area contributed by atoms with Crippen LogP contribution in [-0.2, 0) is 4.84 Å². The lowest BCUT2D eigenvalue weighted by atomic mass is 9.99. The lowest BCUT2D eigenvalue weighted by molar-refractivity contribution is -0.113. The molecule has 0 aromatic rings. The van der Waals surface area contributed by atoms with Gasteiger partial charge in [-0.1, -0.05) is 66.7 Å². The van der Waals surface area contributed by atoms with Crippen molar-refractivity contribution in [2.45, 2.75) is 30.1 Å². The van der Waals surface area contributed by atoms with E-state index in [0.29, 0.717) is 11.0 Å². The zero-order valence-electron chi connectivity index (χ0n) is 8.51. The molecule has 0 radical (unpaired) electrons. The summed E-state index contributed by atoms with van der Waals surface area (Å²) in [7, 11) is 0. The van der Waals surface area contributed by atoms with E-state index in [4.69, 9.17) is 51.2 Å². The molecule has 1 heterocycles. The molecule has 0 saturated carbocycles. The standard InChI is InChI=1S/C9H13Cl4NO/c1-3-6(2)8-7(10)4-15-14(8)5-9(11,12)13/h4,6,8H,3,5H2,1-2H3. The van der Waals surface area contributed by atoms with E-state index in [1.54, 1.807) is 5.06 Å². The molecule has 0 fully saturated rings. The molecular formula is C9H13Cl4NO. The molecule has 0 aromatic heterocycles. The molecule has 0 spiro atoms. The molecule has 0 amide bonds. The van der Waals surface area contributed by atoms with Crippen LogP contribution < -0.4 is 0 Å². The van der Waals surface area contributed by atoms with Crippen LogP contribution in [0.4, 0.5) is 0 Å². The van der Waals surface area contributed by atoms with Crippen molar-refractivity contribution in [1.82, 2.24) is 5.06 Å². The van der Waals surface area contributed by atoms with Crippen molar-refractivity contribution in [1.29, 1.82) is 0 Å². The highest BCUT2D eigenvalue weighted by Crippen LogP contribution is 2.35. The first-order valence-electron chi connectivity index (χ1n) is 4.71. The van der Waals surface area contributed by atoms with Crippen LogP contribution >= 0.6 is 46.4 Å². The molecule has 2 nitrogen and oxygen atoms in total. The van der Waals surface area contributed by atoms with Gasteiger partial charge in [-0.3, -0.25) is 0 Å². The normalized spacial score (nSPS) is 24.9. The van der Waals surface area contributed by atoms with Gasteiger partial charge in [0, 0.05) is 0 Å². The quantitative estimate of drug-likeness (QED) is 0.726. The number of nitrogens with zero attached hydrogens (tertiary/aromatic N) is 1. The SMILES string of the molecule is CCC(C)C1C(Cl)=CON1CC(Cl)(Cl)Cl. The third-order valence-electron chi connectivity index (χ3n) is 2.41. The van der Waals surface area contributed by atoms with E-state index < -0.39 is 3.79 Å². The maximum Gasteiger partial charge on any atom is 0.206 e. The highest BCUT2D eigenvalue weighted by molar-refractivity contribution is 6.67. The van der Waals surface area contributed by atoms with Crippen LogP contribution in [0.3, 0.4) is 0 Å². The average molecular weight is 293 g/mol. The Morgan fingerprint density at radius 1 is 1.53 bits per heavy atom. The molecule has 1 aliphatic heterocycles. The molecule has 0 bridgehead atoms. The predicted molar refractivity (Wildman–Crippen MR) is 65.3 cm³/mol. The Balaban J connectivity index is 2.67. The summed E-state index contributed by atoms with van der Waals surface area (Å²) in [6.45, 7) is 4.36. The van der Waals surface area contributed by atoms with Crippen molar-refractivity contribution in [3.63, 3.8) is 0 Å². The van der Waals surface area contributed by atoms with E-state index in [2.05, 4.69) is 13.8 Å². The van der Waals surface area contributed by atoms with Gasteiger partial charge in [0.2, 0.25) is 3.79 Å². The molecule has 2 atom stereocenters. The van der Waals surface area contributed by atoms with Gasteiger partial charge in [-0.05, 0) is 5.92 Å². The fourth-order valence-corrected chi connectivity index (χ4v) is 2.20. The lowest BCUT2D eigenvalue weighted by Crippen LogP contribution is -2.40. The number of hydrogen-bond donors (Lipinski definition) is 0. The molecule has 15 heavy (non-hydrogen) atoms. The molecule has 6 heteroatoms. The third-order valence-corrected chi connectivity index (χ3v) is 3.08. The fourth-order valence-electron chi connectivity index (χ4n) is 1.48. The maximum absolute atomic E-state index is 6.04. The van der Waals surface area contributed by atoms with Crippen molar-refractivity contribution in [2.75, 3.05) is 6.54 Å². The first-order valence-corrected chi connectivity index (χ1v) is 6.22. The number of hydrogen-bond acceptors (Lipinski definition) is 2. The van der Waals surface area contributed by atoms with Gasteiger partial charge in [-0.25, -0.2) is 0 Å². The molecular weight excluding hydrogens is 280 g/mol. The highest BCUT2D eigenvalue weighted by Gasteiger charge is 2.37. The summed E-state index contributed by atoms with van der Waals surface area (Å²) in [4.78, 5) is 5.26. The third kappa shape index (κ3) is 3.86. The van der Waals surface area contributed by atoms with Crippen molar-refractivity contribution in [3.05, 3.63) is 11.3 Å². The predicted octanol–water partition coefficient (Wildman–Crippen LogP) is 4.10. The Hall–Kier alpha value is 0.660. The Morgan fingerprint density at radius 3 is 2.60 bits per heavy atom. The molecule has 0 aromatic carbocycles. The molecule has 2 unspecified atom stereocenters. The zero-order chi connectivity index (χ0) is 11.6. The molecule has 1 aliphatic rings. The van der Waals surface area contributed by atoms with Gasteiger partial charge in [0.05, 0.1) is 17.6 Å². The number of alkyl halides is 3. The Kier molecular flexibility index (Phi) is 4.87. The van der Waals surface area contributed by atoms with Crippen molar-refractivity contribution in [3.8, 4) is 0 Å². The Bertz CT molecular complexity index is 251. The van der Waals surface area contributed by atoms with E-state index in [-0.39, 0.29) is 12.6 Å². The minimum absolute atomic E-state index is 0.0210. The second-order valence-corrected chi connectivity index (χ2v) is 6.58. The highest BCUT2D eigenvalue weighted by atomic mass is 35.6. The van der Waals surface area contributed by atoms with E-state index in [1.807, 2.05) is 0 Å². The summed E-state index contributed by atoms with van der Waals surface area (Å²) in [6.07, 6.45) is 2.48. The molecule has 88 valence electrons. The van der Waals surface area contributed by atoms with Gasteiger partial charge >= 0.3 is 0 Å². The average Bonchev–Trinajstić information content (AvgIpc) is 2.43. The largest absolute Gasteiger partial charge is 0.412 e. The Morgan fingerprint density at radius 2 is 2.13 bits per heavy atom. The van der Waals surface area contributed by atoms with E-state index >= 15 is 0 Å². The van der Waals surface area contributed by atoms with Crippen LogP contribution in [0.1, 0.15) is 20.3 Å². The summed E-state index contributed by atoms with van der Waals surface area (Å²) in [5, 5.41) is 2.27. The van der Waals surface area contributed by atoms with Crippen LogP contribution in [0.15, 0.2) is 11.3 Å². The van der Waals surface area contributed by atoms with Crippen LogP contribution in [0.5, 0.6) is 0 Å². The second kappa shape index (κ2) is 5.33. The first kappa shape index (κ1) is 13.7. The smallest absolute Gasteiger partial charge is 0.206 e. The number of rotatable bonds is 3. The minimum Gasteiger partial charge on any atom is -0.412 e. The van der Waals surface area contributed by atoms with Crippen molar-refractivity contribution < 1.29 is 4.84 Å². The number of hydroxylamine groups is 2. The van der Waals surface area contributed by atoms with Gasteiger partial charge in [-0.15, -0.1) is 5.06 Å². The first-order chi connectivity index (χ1) is 6.85. The second-order valence-electron chi connectivity index (χ2n) is 3.63. The van der Waals surface area contributed by atoms with Crippen LogP contribution in [0, 0.1) is 5.92 Å². The van der Waals surface area contributed by atoms with E-state index in [1.165, 1.54) is 6.26 Å². The van der Waals surface area contributed by atoms with Crippen LogP contribution in [-0.4, -0.2) is 21.4 Å². The van der Waals surface area contributed by atoms with Gasteiger partial charge in [-0.2, -0.15) is 0 Å². The number of halogens is 4. The Labute approximate surface area is 110 Å². The van der Waals surface area contributed by atoms with Gasteiger partial charge < -0.3 is 4.84 Å². The summed E-state index contributed by atoms with van der Waals surface area (Å²) in [6, 6.07) is -0.0210. The van der Waals surface area contributed by atoms with E-state index in [9.17, 15) is 0 Å². The monoisotopic (exact) mass is 291 g/mol. The summed E-state index contributed by atoms with van der Waals surface area (Å²) in [5.74, 6) is 0.351. The molecule has 0 saturated heterocycles. The lowest BCUT2D eigenvalue weighted by Gasteiger charge is -2.29. The van der Waals surface area contributed by atoms with Gasteiger partial charge in [0.15, 0.2) is 0 Å². The van der Waals surface area contributed by atoms with Crippen LogP contribution in [0.25, 0.3) is 0 Å². The summed E-state index contributed by atoms with van der Waals surface area (Å²) in [5.41, 5.74) is 0. The van der Waals surface area contributed by atoms with Gasteiger partial charge in [0.1, 0.15) is 6.26 Å². The molecule has 0 aliphatic carbocycles. The van der Waals surface area contributed by atoms with Crippen molar-refractivity contribution >= 4 is 46.4 Å². The molecule has 0 N–H and O–H groups in total. The van der Waals surface area contributed by atoms with Crippen molar-refractivity contribution in [2.24, 2.45) is 5.92 Å². The topological polar surface area (TPSA) is 12.5 Å². The zero-order valence-corrected chi connectivity index (χ0v) is 11.5. The van der Waals surface area contributed by atoms with Gasteiger partial charge in [0.25, 0.3) is 0 Å². The maximum atomic E-state index is 6.04. The minimum atomic E-state index is -1.36. The van der Waals surface area contributed by atoms with Crippen LogP contribution in [0.2, 0.25) is 0 Å². The molecule has 1 rings (SSSR count). The fraction of sp³-hybridized carbons (Fsp3) is 0.778. The van der Waals surface area contributed by atoms with E-state index in [0.717, 1.165) is 6.42 Å².